The summed E-state index contributed by atoms with van der Waals surface area (Å²) in [6.45, 7) is 0.534. The normalized spacial score (nSPS) is 25.9. The fourth-order valence-electron chi connectivity index (χ4n) is 4.09. The summed E-state index contributed by atoms with van der Waals surface area (Å²) in [6, 6.07) is 6.34. The third-order valence-electron chi connectivity index (χ3n) is 5.69. The summed E-state index contributed by atoms with van der Waals surface area (Å²) in [4.78, 5) is 31.8. The largest absolute Gasteiger partial charge is 0.418 e. The zero-order valence-electron chi connectivity index (χ0n) is 15.8. The summed E-state index contributed by atoms with van der Waals surface area (Å²) < 4.78 is 41.1. The molecule has 0 saturated carbocycles. The summed E-state index contributed by atoms with van der Waals surface area (Å²) in [5.41, 5.74) is 8.54. The maximum atomic E-state index is 12.7. The van der Waals surface area contributed by atoms with Crippen molar-refractivity contribution in [1.29, 1.82) is 0 Å². The third kappa shape index (κ3) is 3.87. The fraction of sp³-hybridized carbons (Fsp3) is 0.529. The Morgan fingerprint density at radius 1 is 1.37 bits per heavy atom. The smallest absolute Gasteiger partial charge is 0.380 e. The van der Waals surface area contributed by atoms with Gasteiger partial charge in [0, 0.05) is 12.0 Å². The molecule has 3 saturated heterocycles. The van der Waals surface area contributed by atoms with Gasteiger partial charge in [-0.2, -0.15) is 13.5 Å². The van der Waals surface area contributed by atoms with E-state index in [1.807, 2.05) is 30.3 Å². The van der Waals surface area contributed by atoms with E-state index in [1.54, 1.807) is 0 Å². The van der Waals surface area contributed by atoms with Crippen molar-refractivity contribution in [2.45, 2.75) is 24.5 Å². The van der Waals surface area contributed by atoms with E-state index in [-0.39, 0.29) is 32.8 Å². The molecular weight excluding hydrogens is 420 g/mol. The number of urea groups is 1. The van der Waals surface area contributed by atoms with Crippen LogP contribution in [0.4, 0.5) is 4.79 Å². The van der Waals surface area contributed by atoms with Crippen molar-refractivity contribution in [3.05, 3.63) is 35.9 Å². The zero-order chi connectivity index (χ0) is 21.5. The van der Waals surface area contributed by atoms with Gasteiger partial charge < -0.3 is 15.4 Å². The summed E-state index contributed by atoms with van der Waals surface area (Å²) in [5, 5.41) is 0.608. The Morgan fingerprint density at radius 3 is 2.67 bits per heavy atom. The number of hydroxylamine groups is 3. The van der Waals surface area contributed by atoms with Gasteiger partial charge in [-0.25, -0.2) is 10.3 Å². The van der Waals surface area contributed by atoms with Gasteiger partial charge in [-0.15, -0.1) is 4.28 Å². The summed E-state index contributed by atoms with van der Waals surface area (Å²) >= 11 is 0. The van der Waals surface area contributed by atoms with Gasteiger partial charge in [0.05, 0.1) is 31.9 Å². The molecule has 1 unspecified atom stereocenters. The summed E-state index contributed by atoms with van der Waals surface area (Å²) in [7, 11) is -4.90. The molecule has 3 fully saturated rings. The van der Waals surface area contributed by atoms with Gasteiger partial charge in [0.15, 0.2) is 0 Å². The van der Waals surface area contributed by atoms with Crippen LogP contribution in [0.2, 0.25) is 0 Å². The van der Waals surface area contributed by atoms with Crippen molar-refractivity contribution < 1.29 is 36.4 Å². The molecule has 1 aromatic carbocycles. The second kappa shape index (κ2) is 7.76. The Bertz CT molecular complexity index is 923. The van der Waals surface area contributed by atoms with Crippen LogP contribution in [0.5, 0.6) is 0 Å². The molecule has 1 aromatic rings. The predicted molar refractivity (Wildman–Crippen MR) is 99.5 cm³/mol. The first kappa shape index (κ1) is 21.0. The van der Waals surface area contributed by atoms with E-state index in [4.69, 9.17) is 19.9 Å². The van der Waals surface area contributed by atoms with Crippen LogP contribution in [0.25, 0.3) is 0 Å². The number of fused-ring (bicyclic) bond motifs is 3. The number of piperidine rings is 1. The van der Waals surface area contributed by atoms with Gasteiger partial charge in [-0.3, -0.25) is 14.2 Å². The SMILES string of the molecule is NC(CONC(=O)[C@@H]1CC2(COC2)[C@@H]2CN1C(=O)N2OS(=O)(=O)O)c1ccccc1. The lowest BCUT2D eigenvalue weighted by Crippen LogP contribution is -2.63. The molecular formula is C17H22N4O8S. The first-order chi connectivity index (χ1) is 14.2. The molecule has 0 aromatic heterocycles. The molecule has 30 heavy (non-hydrogen) atoms. The number of hydrogen-bond donors (Lipinski definition) is 3. The molecule has 3 amide bonds. The molecule has 3 heterocycles. The number of nitrogens with zero attached hydrogens (tertiary/aromatic N) is 2. The molecule has 3 atom stereocenters. The standard InChI is InChI=1S/C17H22N4O8S/c18-12(11-4-2-1-3-5-11)8-28-19-15(22)13-6-17(9-27-10-17)14-7-20(13)16(23)21(14)29-30(24,25)26/h1-5,12-14H,6-10,18H2,(H,19,22)(H,24,25,26)/t12?,13-,14-/m0/s1. The number of carbonyl (C=O) groups is 2. The van der Waals surface area contributed by atoms with E-state index >= 15 is 0 Å². The van der Waals surface area contributed by atoms with Crippen molar-refractivity contribution in [3.63, 3.8) is 0 Å². The van der Waals surface area contributed by atoms with Crippen molar-refractivity contribution in [1.82, 2.24) is 15.4 Å². The first-order valence-electron chi connectivity index (χ1n) is 9.27. The number of amides is 3. The minimum absolute atomic E-state index is 0.0191. The molecule has 12 nitrogen and oxygen atoms in total. The Labute approximate surface area is 172 Å². The number of nitrogens with one attached hydrogen (secondary N) is 1. The average Bonchev–Trinajstić information content (AvgIpc) is 2.93. The van der Waals surface area contributed by atoms with Gasteiger partial charge in [-0.05, 0) is 12.0 Å². The molecule has 13 heteroatoms. The molecule has 1 spiro atoms. The molecule has 164 valence electrons. The highest BCUT2D eigenvalue weighted by Crippen LogP contribution is 2.47. The molecule has 0 radical (unpaired) electrons. The van der Waals surface area contributed by atoms with Crippen LogP contribution in [0, 0.1) is 5.41 Å². The predicted octanol–water partition coefficient (Wildman–Crippen LogP) is -0.636. The van der Waals surface area contributed by atoms with E-state index in [0.717, 1.165) is 5.56 Å². The van der Waals surface area contributed by atoms with Crippen LogP contribution in [0.15, 0.2) is 30.3 Å². The van der Waals surface area contributed by atoms with E-state index < -0.39 is 45.9 Å². The minimum Gasteiger partial charge on any atom is -0.380 e. The van der Waals surface area contributed by atoms with Crippen LogP contribution in [-0.4, -0.2) is 73.3 Å². The average molecular weight is 442 g/mol. The third-order valence-corrected chi connectivity index (χ3v) is 6.04. The maximum absolute atomic E-state index is 12.7. The highest BCUT2D eigenvalue weighted by Gasteiger charge is 2.63. The molecule has 2 bridgehead atoms. The van der Waals surface area contributed by atoms with Gasteiger partial charge in [0.25, 0.3) is 5.91 Å². The Hall–Kier alpha value is -2.29. The Balaban J connectivity index is 1.42. The maximum Gasteiger partial charge on any atom is 0.418 e. The number of hydrogen-bond acceptors (Lipinski definition) is 8. The number of benzene rings is 1. The van der Waals surface area contributed by atoms with Crippen LogP contribution < -0.4 is 11.2 Å². The number of ether oxygens (including phenoxy) is 1. The van der Waals surface area contributed by atoms with E-state index in [9.17, 15) is 18.0 Å². The first-order valence-corrected chi connectivity index (χ1v) is 10.6. The second-order valence-electron chi connectivity index (χ2n) is 7.65. The lowest BCUT2D eigenvalue weighted by Gasteiger charge is -2.50. The monoisotopic (exact) mass is 442 g/mol. The molecule has 3 aliphatic rings. The molecule has 4 rings (SSSR count). The fourth-order valence-corrected chi connectivity index (χ4v) is 4.46. The highest BCUT2D eigenvalue weighted by atomic mass is 32.3. The number of rotatable bonds is 7. The highest BCUT2D eigenvalue weighted by molar-refractivity contribution is 7.80. The van der Waals surface area contributed by atoms with Crippen molar-refractivity contribution in [2.24, 2.45) is 11.1 Å². The summed E-state index contributed by atoms with van der Waals surface area (Å²) in [6.07, 6.45) is 0.231. The van der Waals surface area contributed by atoms with Crippen molar-refractivity contribution in [3.8, 4) is 0 Å². The Morgan fingerprint density at radius 2 is 2.07 bits per heavy atom. The van der Waals surface area contributed by atoms with Crippen LogP contribution >= 0.6 is 0 Å². The van der Waals surface area contributed by atoms with Crippen LogP contribution in [0.1, 0.15) is 18.0 Å². The topological polar surface area (TPSA) is 161 Å². The van der Waals surface area contributed by atoms with Gasteiger partial charge >= 0.3 is 16.4 Å². The summed E-state index contributed by atoms with van der Waals surface area (Å²) in [5.74, 6) is -0.568. The zero-order valence-corrected chi connectivity index (χ0v) is 16.7. The lowest BCUT2D eigenvalue weighted by atomic mass is 9.71. The van der Waals surface area contributed by atoms with E-state index in [2.05, 4.69) is 9.76 Å². The number of carbonyl (C=O) groups excluding carboxylic acids is 2. The van der Waals surface area contributed by atoms with Crippen molar-refractivity contribution in [2.75, 3.05) is 26.4 Å². The minimum atomic E-state index is -4.90. The van der Waals surface area contributed by atoms with Gasteiger partial charge in [0.2, 0.25) is 0 Å². The molecule has 3 aliphatic heterocycles. The van der Waals surface area contributed by atoms with E-state index in [0.29, 0.717) is 5.06 Å². The second-order valence-corrected chi connectivity index (χ2v) is 8.65. The van der Waals surface area contributed by atoms with Crippen molar-refractivity contribution >= 4 is 22.3 Å². The lowest BCUT2D eigenvalue weighted by molar-refractivity contribution is -0.194. The van der Waals surface area contributed by atoms with Gasteiger partial charge in [-0.1, -0.05) is 30.3 Å². The molecule has 0 aliphatic carbocycles. The van der Waals surface area contributed by atoms with Gasteiger partial charge in [0.1, 0.15) is 6.04 Å². The Kier molecular flexibility index (Phi) is 5.42. The molecule has 4 N–H and O–H groups in total. The van der Waals surface area contributed by atoms with Crippen LogP contribution in [-0.2, 0) is 29.1 Å². The van der Waals surface area contributed by atoms with Crippen LogP contribution in [0.3, 0.4) is 0 Å². The quantitative estimate of drug-likeness (QED) is 0.369. The van der Waals surface area contributed by atoms with E-state index in [1.165, 1.54) is 4.90 Å². The number of nitrogens with two attached hydrogens (primary N) is 1.